The van der Waals surface area contributed by atoms with Crippen LogP contribution in [-0.4, -0.2) is 61.4 Å². The molecule has 0 aliphatic carbocycles. The Balaban J connectivity index is 1.48. The van der Waals surface area contributed by atoms with Crippen LogP contribution in [0.4, 0.5) is 5.82 Å². The predicted octanol–water partition coefficient (Wildman–Crippen LogP) is 4.06. The van der Waals surface area contributed by atoms with Crippen LogP contribution in [0, 0.1) is 13.8 Å². The lowest BCUT2D eigenvalue weighted by atomic mass is 10.0. The number of para-hydroxylation sites is 1. The minimum absolute atomic E-state index is 0.0413. The van der Waals surface area contributed by atoms with Gasteiger partial charge in [-0.1, -0.05) is 18.2 Å². The van der Waals surface area contributed by atoms with Gasteiger partial charge in [0.15, 0.2) is 17.3 Å². The number of benzene rings is 2. The van der Waals surface area contributed by atoms with Crippen LogP contribution >= 0.6 is 0 Å². The van der Waals surface area contributed by atoms with Crippen molar-refractivity contribution >= 4 is 11.7 Å². The number of aryl methyl sites for hydroxylation is 2. The Morgan fingerprint density at radius 2 is 1.81 bits per heavy atom. The first-order valence-electron chi connectivity index (χ1n) is 10.9. The average Bonchev–Trinajstić information content (AvgIpc) is 3.17. The van der Waals surface area contributed by atoms with Gasteiger partial charge in [0.05, 0.1) is 25.5 Å². The number of nitrogens with one attached hydrogen (secondary N) is 1. The van der Waals surface area contributed by atoms with Crippen molar-refractivity contribution in [3.63, 3.8) is 0 Å². The second-order valence-corrected chi connectivity index (χ2v) is 8.11. The van der Waals surface area contributed by atoms with E-state index < -0.39 is 0 Å². The van der Waals surface area contributed by atoms with Gasteiger partial charge in [-0.25, -0.2) is 0 Å². The molecule has 7 heteroatoms. The first kappa shape index (κ1) is 21.7. The Morgan fingerprint density at radius 3 is 2.56 bits per heavy atom. The van der Waals surface area contributed by atoms with Gasteiger partial charge in [0.2, 0.25) is 0 Å². The highest BCUT2D eigenvalue weighted by Crippen LogP contribution is 2.32. The van der Waals surface area contributed by atoms with Crippen molar-refractivity contribution in [3.05, 3.63) is 59.2 Å². The number of H-pyrrole nitrogens is 1. The van der Waals surface area contributed by atoms with Crippen LogP contribution < -0.4 is 14.4 Å². The molecule has 0 unspecified atom stereocenters. The fourth-order valence-corrected chi connectivity index (χ4v) is 4.11. The zero-order valence-electron chi connectivity index (χ0n) is 19.1. The molecule has 1 aliphatic heterocycles. The Kier molecular flexibility index (Phi) is 6.35. The summed E-state index contributed by atoms with van der Waals surface area (Å²) in [4.78, 5) is 17.4. The number of hydrogen-bond acceptors (Lipinski definition) is 5. The molecule has 7 nitrogen and oxygen atoms in total. The number of methoxy groups -OCH3 is 2. The van der Waals surface area contributed by atoms with E-state index >= 15 is 0 Å². The zero-order valence-corrected chi connectivity index (χ0v) is 19.1. The average molecular weight is 435 g/mol. The number of rotatable bonds is 5. The molecule has 32 heavy (non-hydrogen) atoms. The molecule has 0 atom stereocenters. The maximum atomic E-state index is 13.2. The topological polar surface area (TPSA) is 70.7 Å². The van der Waals surface area contributed by atoms with E-state index in [0.29, 0.717) is 30.2 Å². The molecule has 0 bridgehead atoms. The van der Waals surface area contributed by atoms with E-state index in [1.54, 1.807) is 26.4 Å². The summed E-state index contributed by atoms with van der Waals surface area (Å²) in [5, 5.41) is 7.72. The van der Waals surface area contributed by atoms with Crippen molar-refractivity contribution in [1.29, 1.82) is 0 Å². The van der Waals surface area contributed by atoms with E-state index in [-0.39, 0.29) is 5.91 Å². The number of hydrogen-bond donors (Lipinski definition) is 1. The largest absolute Gasteiger partial charge is 0.493 e. The number of anilines is 1. The molecule has 168 valence electrons. The van der Waals surface area contributed by atoms with Gasteiger partial charge in [0, 0.05) is 32.2 Å². The molecule has 3 aromatic rings. The summed E-state index contributed by atoms with van der Waals surface area (Å²) < 4.78 is 10.8. The minimum atomic E-state index is -0.0413. The van der Waals surface area contributed by atoms with Crippen LogP contribution in [0.2, 0.25) is 0 Å². The third kappa shape index (κ3) is 4.28. The van der Waals surface area contributed by atoms with Gasteiger partial charge in [-0.05, 0) is 55.2 Å². The number of aromatic nitrogens is 2. The normalized spacial score (nSPS) is 14.2. The smallest absolute Gasteiger partial charge is 0.257 e. The summed E-state index contributed by atoms with van der Waals surface area (Å²) in [5.41, 5.74) is 5.19. The van der Waals surface area contributed by atoms with E-state index in [9.17, 15) is 4.79 Å². The van der Waals surface area contributed by atoms with Crippen LogP contribution in [0.1, 0.15) is 27.9 Å². The molecular formula is C25H30N4O3. The Labute approximate surface area is 188 Å². The summed E-state index contributed by atoms with van der Waals surface area (Å²) in [5.74, 6) is 1.91. The van der Waals surface area contributed by atoms with Gasteiger partial charge in [-0.15, -0.1) is 0 Å². The molecule has 1 aliphatic rings. The van der Waals surface area contributed by atoms with Crippen molar-refractivity contribution in [2.24, 2.45) is 0 Å². The van der Waals surface area contributed by atoms with E-state index in [4.69, 9.17) is 9.47 Å². The molecule has 1 aromatic heterocycles. The quantitative estimate of drug-likeness (QED) is 0.656. The molecule has 2 aromatic carbocycles. The van der Waals surface area contributed by atoms with Crippen LogP contribution in [0.25, 0.3) is 11.3 Å². The molecule has 4 rings (SSSR count). The first-order chi connectivity index (χ1) is 15.5. The highest BCUT2D eigenvalue weighted by Gasteiger charge is 2.25. The lowest BCUT2D eigenvalue weighted by Crippen LogP contribution is -2.35. The van der Waals surface area contributed by atoms with Crippen LogP contribution in [0.3, 0.4) is 0 Å². The summed E-state index contributed by atoms with van der Waals surface area (Å²) in [6.45, 7) is 7.09. The van der Waals surface area contributed by atoms with Crippen molar-refractivity contribution in [2.45, 2.75) is 20.3 Å². The fraction of sp³-hybridized carbons (Fsp3) is 0.360. The first-order valence-corrected chi connectivity index (χ1v) is 10.9. The Morgan fingerprint density at radius 1 is 0.969 bits per heavy atom. The van der Waals surface area contributed by atoms with E-state index in [0.717, 1.165) is 36.6 Å². The molecule has 0 spiro atoms. The standard InChI is InChI=1S/C25H30N4O3/c1-17-9-10-19(15-18(17)2)21-16-23(27-26-21)28-11-6-12-29(14-13-28)25(30)20-7-5-8-22(31-3)24(20)32-4/h5,7-10,15-16H,6,11-14H2,1-4H3,(H,26,27). The molecular weight excluding hydrogens is 404 g/mol. The van der Waals surface area contributed by atoms with E-state index in [2.05, 4.69) is 53.2 Å². The van der Waals surface area contributed by atoms with E-state index in [1.165, 1.54) is 11.1 Å². The predicted molar refractivity (Wildman–Crippen MR) is 126 cm³/mol. The number of aromatic amines is 1. The van der Waals surface area contributed by atoms with Gasteiger partial charge in [-0.2, -0.15) is 5.10 Å². The summed E-state index contributed by atoms with van der Waals surface area (Å²) in [7, 11) is 3.13. The molecule has 1 saturated heterocycles. The van der Waals surface area contributed by atoms with Crippen molar-refractivity contribution in [2.75, 3.05) is 45.3 Å². The third-order valence-corrected chi connectivity index (χ3v) is 6.12. The SMILES string of the molecule is COc1cccc(C(=O)N2CCCN(c3cc(-c4ccc(C)c(C)c4)[nH]n3)CC2)c1OC. The number of amides is 1. The molecule has 2 heterocycles. The van der Waals surface area contributed by atoms with Crippen molar-refractivity contribution < 1.29 is 14.3 Å². The van der Waals surface area contributed by atoms with Gasteiger partial charge in [0.1, 0.15) is 0 Å². The lowest BCUT2D eigenvalue weighted by molar-refractivity contribution is 0.0763. The second-order valence-electron chi connectivity index (χ2n) is 8.11. The van der Waals surface area contributed by atoms with Crippen molar-refractivity contribution in [3.8, 4) is 22.8 Å². The molecule has 1 amide bonds. The number of carbonyl (C=O) groups excluding carboxylic acids is 1. The van der Waals surface area contributed by atoms with Gasteiger partial charge < -0.3 is 19.3 Å². The second kappa shape index (κ2) is 9.34. The number of carbonyl (C=O) groups is 1. The van der Waals surface area contributed by atoms with Crippen molar-refractivity contribution in [1.82, 2.24) is 15.1 Å². The van der Waals surface area contributed by atoms with Gasteiger partial charge in [0.25, 0.3) is 5.91 Å². The summed E-state index contributed by atoms with van der Waals surface area (Å²) >= 11 is 0. The minimum Gasteiger partial charge on any atom is -0.493 e. The Bertz CT molecular complexity index is 1110. The highest BCUT2D eigenvalue weighted by atomic mass is 16.5. The highest BCUT2D eigenvalue weighted by molar-refractivity contribution is 5.98. The summed E-state index contributed by atoms with van der Waals surface area (Å²) in [6, 6.07) is 13.9. The summed E-state index contributed by atoms with van der Waals surface area (Å²) in [6.07, 6.45) is 0.865. The molecule has 0 saturated carbocycles. The van der Waals surface area contributed by atoms with Gasteiger partial charge >= 0.3 is 0 Å². The maximum Gasteiger partial charge on any atom is 0.257 e. The maximum absolute atomic E-state index is 13.2. The number of ether oxygens (including phenoxy) is 2. The van der Waals surface area contributed by atoms with Gasteiger partial charge in [-0.3, -0.25) is 9.89 Å². The van der Waals surface area contributed by atoms with Crippen LogP contribution in [0.15, 0.2) is 42.5 Å². The van der Waals surface area contributed by atoms with E-state index in [1.807, 2.05) is 11.0 Å². The fourth-order valence-electron chi connectivity index (χ4n) is 4.11. The third-order valence-electron chi connectivity index (χ3n) is 6.12. The van der Waals surface area contributed by atoms with Crippen LogP contribution in [0.5, 0.6) is 11.5 Å². The zero-order chi connectivity index (χ0) is 22.7. The molecule has 1 N–H and O–H groups in total. The lowest BCUT2D eigenvalue weighted by Gasteiger charge is -2.23. The molecule has 0 radical (unpaired) electrons. The monoisotopic (exact) mass is 434 g/mol. The van der Waals surface area contributed by atoms with Crippen LogP contribution in [-0.2, 0) is 0 Å². The number of nitrogens with zero attached hydrogens (tertiary/aromatic N) is 3. The molecule has 1 fully saturated rings. The Hall–Kier alpha value is -3.48.